The lowest BCUT2D eigenvalue weighted by atomic mass is 9.85. The predicted molar refractivity (Wildman–Crippen MR) is 88.7 cm³/mol. The van der Waals surface area contributed by atoms with Gasteiger partial charge in [0.15, 0.2) is 11.6 Å². The largest absolute Gasteiger partial charge is 0.384 e. The summed E-state index contributed by atoms with van der Waals surface area (Å²) in [4.78, 5) is 47.6. The van der Waals surface area contributed by atoms with Gasteiger partial charge in [-0.2, -0.15) is 0 Å². The van der Waals surface area contributed by atoms with E-state index in [1.54, 1.807) is 18.2 Å². The first-order valence-electron chi connectivity index (χ1n) is 7.90. The van der Waals surface area contributed by atoms with Gasteiger partial charge in [-0.05, 0) is 25.5 Å². The third-order valence-corrected chi connectivity index (χ3v) is 4.16. The number of nitrogens with one attached hydrogen (secondary N) is 1. The number of anilines is 1. The second kappa shape index (κ2) is 7.83. The topological polar surface area (TPSA) is 132 Å². The molecule has 1 amide bonds. The highest BCUT2D eigenvalue weighted by atomic mass is 16.2. The van der Waals surface area contributed by atoms with Gasteiger partial charge in [0, 0.05) is 30.1 Å². The standard InChI is InChI=1S/C17H21N3O4/c18-7-2-8-20-12-4-1-3-11-15(12)17(24)14(16(11)23)10(9-21)5-6-13(19)22/h1,3-4,9-10,14,20H,2,5-8,18H2,(H2,19,22). The number of benzene rings is 1. The van der Waals surface area contributed by atoms with Crippen LogP contribution < -0.4 is 16.8 Å². The summed E-state index contributed by atoms with van der Waals surface area (Å²) in [6.45, 7) is 1.09. The molecule has 2 atom stereocenters. The molecule has 0 fully saturated rings. The van der Waals surface area contributed by atoms with Crippen molar-refractivity contribution in [1.29, 1.82) is 0 Å². The maximum atomic E-state index is 12.7. The third-order valence-electron chi connectivity index (χ3n) is 4.16. The lowest BCUT2D eigenvalue weighted by Gasteiger charge is -2.14. The molecule has 0 saturated carbocycles. The summed E-state index contributed by atoms with van der Waals surface area (Å²) in [7, 11) is 0. The van der Waals surface area contributed by atoms with Crippen molar-refractivity contribution in [3.63, 3.8) is 0 Å². The maximum Gasteiger partial charge on any atom is 0.217 e. The van der Waals surface area contributed by atoms with Crippen LogP contribution in [-0.2, 0) is 9.59 Å². The Bertz CT molecular complexity index is 672. The fourth-order valence-corrected chi connectivity index (χ4v) is 2.95. The van der Waals surface area contributed by atoms with Gasteiger partial charge in [-0.25, -0.2) is 0 Å². The van der Waals surface area contributed by atoms with E-state index >= 15 is 0 Å². The average Bonchev–Trinajstić information content (AvgIpc) is 2.81. The number of hydrogen-bond donors (Lipinski definition) is 3. The molecule has 2 rings (SSSR count). The molecule has 0 saturated heterocycles. The summed E-state index contributed by atoms with van der Waals surface area (Å²) in [5.41, 5.74) is 11.7. The van der Waals surface area contributed by atoms with E-state index in [-0.39, 0.29) is 24.4 Å². The van der Waals surface area contributed by atoms with Crippen LogP contribution in [0, 0.1) is 11.8 Å². The monoisotopic (exact) mass is 331 g/mol. The molecule has 1 aliphatic carbocycles. The summed E-state index contributed by atoms with van der Waals surface area (Å²) >= 11 is 0. The second-order valence-electron chi connectivity index (χ2n) is 5.81. The molecule has 0 aliphatic heterocycles. The number of rotatable bonds is 9. The van der Waals surface area contributed by atoms with Crippen LogP contribution in [0.25, 0.3) is 0 Å². The first-order chi connectivity index (χ1) is 11.5. The Morgan fingerprint density at radius 1 is 1.29 bits per heavy atom. The number of hydrogen-bond acceptors (Lipinski definition) is 6. The number of ketones is 2. The summed E-state index contributed by atoms with van der Waals surface area (Å²) in [6.07, 6.45) is 1.34. The Balaban J connectivity index is 2.28. The zero-order valence-corrected chi connectivity index (χ0v) is 13.3. The summed E-state index contributed by atoms with van der Waals surface area (Å²) in [5, 5.41) is 3.11. The smallest absolute Gasteiger partial charge is 0.217 e. The van der Waals surface area contributed by atoms with Crippen molar-refractivity contribution >= 4 is 29.4 Å². The number of aldehydes is 1. The van der Waals surface area contributed by atoms with Crippen molar-refractivity contribution in [2.45, 2.75) is 19.3 Å². The molecule has 24 heavy (non-hydrogen) atoms. The minimum atomic E-state index is -1.07. The lowest BCUT2D eigenvalue weighted by Crippen LogP contribution is -2.28. The third kappa shape index (κ3) is 3.51. The van der Waals surface area contributed by atoms with E-state index in [4.69, 9.17) is 11.5 Å². The molecule has 0 heterocycles. The SMILES string of the molecule is NCCCNc1cccc2c1C(=O)C(C(C=O)CCC(N)=O)C2=O. The van der Waals surface area contributed by atoms with Crippen molar-refractivity contribution in [3.05, 3.63) is 29.3 Å². The Labute approximate surface area is 139 Å². The van der Waals surface area contributed by atoms with Crippen LogP contribution in [0.15, 0.2) is 18.2 Å². The molecular formula is C17H21N3O4. The van der Waals surface area contributed by atoms with Gasteiger partial charge < -0.3 is 21.6 Å². The predicted octanol–water partition coefficient (Wildman–Crippen LogP) is 0.523. The Hall–Kier alpha value is -2.54. The molecule has 2 unspecified atom stereocenters. The van der Waals surface area contributed by atoms with Crippen LogP contribution in [0.1, 0.15) is 40.0 Å². The Kier molecular flexibility index (Phi) is 5.81. The first-order valence-corrected chi connectivity index (χ1v) is 7.90. The van der Waals surface area contributed by atoms with Crippen molar-refractivity contribution in [2.75, 3.05) is 18.4 Å². The van der Waals surface area contributed by atoms with Crippen LogP contribution in [0.3, 0.4) is 0 Å². The molecular weight excluding hydrogens is 310 g/mol. The minimum absolute atomic E-state index is 0.0432. The van der Waals surface area contributed by atoms with Gasteiger partial charge in [-0.3, -0.25) is 14.4 Å². The van der Waals surface area contributed by atoms with E-state index in [2.05, 4.69) is 5.32 Å². The maximum absolute atomic E-state index is 12.7. The van der Waals surface area contributed by atoms with Crippen LogP contribution in [0.4, 0.5) is 5.69 Å². The fraction of sp³-hybridized carbons (Fsp3) is 0.412. The fourth-order valence-electron chi connectivity index (χ4n) is 2.95. The highest BCUT2D eigenvalue weighted by molar-refractivity contribution is 6.29. The number of Topliss-reactive ketones (excluding diaryl/α,β-unsaturated/α-hetero) is 2. The first kappa shape index (κ1) is 17.8. The highest BCUT2D eigenvalue weighted by Crippen LogP contribution is 2.36. The van der Waals surface area contributed by atoms with Gasteiger partial charge in [0.25, 0.3) is 0 Å². The quantitative estimate of drug-likeness (QED) is 0.343. The summed E-state index contributed by atoms with van der Waals surface area (Å²) in [5.74, 6) is -3.25. The van der Waals surface area contributed by atoms with Crippen LogP contribution >= 0.6 is 0 Å². The molecule has 0 radical (unpaired) electrons. The molecule has 0 spiro atoms. The molecule has 0 bridgehead atoms. The zero-order chi connectivity index (χ0) is 17.7. The molecule has 7 heteroatoms. The van der Waals surface area contributed by atoms with E-state index in [0.29, 0.717) is 36.2 Å². The number of carbonyl (C=O) groups is 4. The summed E-state index contributed by atoms with van der Waals surface area (Å²) < 4.78 is 0. The molecule has 1 aromatic rings. The van der Waals surface area contributed by atoms with E-state index in [1.165, 1.54) is 0 Å². The average molecular weight is 331 g/mol. The minimum Gasteiger partial charge on any atom is -0.384 e. The van der Waals surface area contributed by atoms with Crippen LogP contribution in [0.2, 0.25) is 0 Å². The van der Waals surface area contributed by atoms with Crippen molar-refractivity contribution in [3.8, 4) is 0 Å². The van der Waals surface area contributed by atoms with Crippen molar-refractivity contribution in [1.82, 2.24) is 0 Å². The van der Waals surface area contributed by atoms with Gasteiger partial charge in [-0.15, -0.1) is 0 Å². The molecule has 1 aliphatic rings. The molecule has 1 aromatic carbocycles. The molecule has 0 aromatic heterocycles. The highest BCUT2D eigenvalue weighted by Gasteiger charge is 2.44. The molecule has 7 nitrogen and oxygen atoms in total. The molecule has 5 N–H and O–H groups in total. The number of nitrogens with two attached hydrogens (primary N) is 2. The van der Waals surface area contributed by atoms with Crippen molar-refractivity contribution < 1.29 is 19.2 Å². The van der Waals surface area contributed by atoms with E-state index in [9.17, 15) is 19.2 Å². The van der Waals surface area contributed by atoms with E-state index in [1.807, 2.05) is 0 Å². The van der Waals surface area contributed by atoms with Crippen LogP contribution in [-0.4, -0.2) is 36.8 Å². The van der Waals surface area contributed by atoms with Crippen molar-refractivity contribution in [2.24, 2.45) is 23.3 Å². The van der Waals surface area contributed by atoms with Gasteiger partial charge in [0.05, 0.1) is 11.5 Å². The van der Waals surface area contributed by atoms with Gasteiger partial charge in [0.1, 0.15) is 6.29 Å². The van der Waals surface area contributed by atoms with Gasteiger partial charge >= 0.3 is 0 Å². The van der Waals surface area contributed by atoms with Crippen LogP contribution in [0.5, 0.6) is 0 Å². The Morgan fingerprint density at radius 3 is 2.67 bits per heavy atom. The Morgan fingerprint density at radius 2 is 2.04 bits per heavy atom. The lowest BCUT2D eigenvalue weighted by molar-refractivity contribution is -0.118. The van der Waals surface area contributed by atoms with E-state index in [0.717, 1.165) is 6.42 Å². The number of primary amides is 1. The normalized spacial score (nSPS) is 17.5. The van der Waals surface area contributed by atoms with Gasteiger partial charge in [0.2, 0.25) is 5.91 Å². The number of carbonyl (C=O) groups excluding carboxylic acids is 4. The number of fused-ring (bicyclic) bond motifs is 1. The van der Waals surface area contributed by atoms with E-state index < -0.39 is 17.7 Å². The summed E-state index contributed by atoms with van der Waals surface area (Å²) in [6, 6.07) is 5.00. The number of amides is 1. The second-order valence-corrected chi connectivity index (χ2v) is 5.81. The molecule has 128 valence electrons. The van der Waals surface area contributed by atoms with Gasteiger partial charge in [-0.1, -0.05) is 12.1 Å². The zero-order valence-electron chi connectivity index (χ0n) is 13.3.